The standard InChI is InChI=1S/C20H18ClN5O4/c1-2-30-15-8-6-14(7-9-15)26-19(28)17-18(20(26)29)25(24-23-17)11-16(27)22-13-5-3-4-12(21)10-13/h3-10,17-18H,2,11H2,1H3,(H,22,27)/t17-,18-/m1/s1. The second kappa shape index (κ2) is 8.11. The van der Waals surface area contributed by atoms with Crippen molar-refractivity contribution in [3.05, 3.63) is 53.6 Å². The van der Waals surface area contributed by atoms with Crippen molar-refractivity contribution in [2.24, 2.45) is 10.3 Å². The van der Waals surface area contributed by atoms with Gasteiger partial charge in [-0.1, -0.05) is 22.9 Å². The van der Waals surface area contributed by atoms with Gasteiger partial charge in [-0.2, -0.15) is 5.11 Å². The summed E-state index contributed by atoms with van der Waals surface area (Å²) in [6.45, 7) is 2.15. The zero-order valence-electron chi connectivity index (χ0n) is 16.0. The molecule has 0 aliphatic carbocycles. The van der Waals surface area contributed by atoms with Crippen molar-refractivity contribution in [2.75, 3.05) is 23.4 Å². The lowest BCUT2D eigenvalue weighted by Crippen LogP contribution is -2.43. The normalized spacial score (nSPS) is 19.9. The molecule has 4 rings (SSSR count). The molecule has 1 N–H and O–H groups in total. The smallest absolute Gasteiger partial charge is 0.263 e. The summed E-state index contributed by atoms with van der Waals surface area (Å²) in [6, 6.07) is 11.4. The number of ether oxygens (including phenoxy) is 1. The molecular weight excluding hydrogens is 410 g/mol. The van der Waals surface area contributed by atoms with E-state index < -0.39 is 29.8 Å². The first-order valence-electron chi connectivity index (χ1n) is 9.31. The van der Waals surface area contributed by atoms with E-state index in [1.165, 1.54) is 5.01 Å². The van der Waals surface area contributed by atoms with Gasteiger partial charge in [0.15, 0.2) is 12.1 Å². The van der Waals surface area contributed by atoms with Crippen LogP contribution in [-0.2, 0) is 14.4 Å². The maximum atomic E-state index is 13.0. The first kappa shape index (κ1) is 19.8. The minimum absolute atomic E-state index is 0.229. The highest BCUT2D eigenvalue weighted by Crippen LogP contribution is 2.32. The lowest BCUT2D eigenvalue weighted by molar-refractivity contribution is -0.123. The predicted molar refractivity (Wildman–Crippen MR) is 109 cm³/mol. The van der Waals surface area contributed by atoms with E-state index in [-0.39, 0.29) is 6.54 Å². The van der Waals surface area contributed by atoms with E-state index >= 15 is 0 Å². The van der Waals surface area contributed by atoms with Crippen molar-refractivity contribution < 1.29 is 19.1 Å². The van der Waals surface area contributed by atoms with Crippen LogP contribution in [0.1, 0.15) is 6.92 Å². The summed E-state index contributed by atoms with van der Waals surface area (Å²) in [6.07, 6.45) is 0. The van der Waals surface area contributed by atoms with Gasteiger partial charge in [0.25, 0.3) is 11.8 Å². The maximum absolute atomic E-state index is 13.0. The molecule has 0 spiro atoms. The van der Waals surface area contributed by atoms with Crippen LogP contribution in [0.3, 0.4) is 0 Å². The molecule has 2 aliphatic heterocycles. The number of imide groups is 1. The third-order valence-corrected chi connectivity index (χ3v) is 4.91. The largest absolute Gasteiger partial charge is 0.494 e. The number of benzene rings is 2. The van der Waals surface area contributed by atoms with Crippen LogP contribution >= 0.6 is 11.6 Å². The summed E-state index contributed by atoms with van der Waals surface area (Å²) in [5.41, 5.74) is 0.936. The Kier molecular flexibility index (Phi) is 5.37. The average molecular weight is 428 g/mol. The Hall–Kier alpha value is -3.46. The molecule has 2 aromatic carbocycles. The maximum Gasteiger partial charge on any atom is 0.263 e. The van der Waals surface area contributed by atoms with E-state index in [1.807, 2.05) is 6.92 Å². The summed E-state index contributed by atoms with van der Waals surface area (Å²) in [7, 11) is 0. The molecule has 2 atom stereocenters. The highest BCUT2D eigenvalue weighted by molar-refractivity contribution is 6.31. The number of anilines is 2. The van der Waals surface area contributed by atoms with Crippen molar-refractivity contribution in [3.63, 3.8) is 0 Å². The SMILES string of the molecule is CCOc1ccc(N2C(=O)[C@@H]3N=NN(CC(=O)Nc4cccc(Cl)c4)[C@H]3C2=O)cc1. The molecule has 9 nitrogen and oxygen atoms in total. The Morgan fingerprint density at radius 3 is 2.63 bits per heavy atom. The molecule has 0 bridgehead atoms. The number of hydrogen-bond acceptors (Lipinski definition) is 7. The van der Waals surface area contributed by atoms with Gasteiger partial charge in [-0.05, 0) is 49.4 Å². The molecule has 154 valence electrons. The molecule has 10 heteroatoms. The topological polar surface area (TPSA) is 104 Å². The summed E-state index contributed by atoms with van der Waals surface area (Å²) in [5.74, 6) is -0.721. The van der Waals surface area contributed by atoms with Crippen LogP contribution in [0.5, 0.6) is 5.75 Å². The lowest BCUT2D eigenvalue weighted by Gasteiger charge is -2.20. The average Bonchev–Trinajstić information content (AvgIpc) is 3.23. The van der Waals surface area contributed by atoms with E-state index in [9.17, 15) is 14.4 Å². The van der Waals surface area contributed by atoms with E-state index in [0.717, 1.165) is 4.90 Å². The summed E-state index contributed by atoms with van der Waals surface area (Å²) >= 11 is 5.92. The van der Waals surface area contributed by atoms with Gasteiger partial charge < -0.3 is 10.1 Å². The molecule has 3 amide bonds. The second-order valence-electron chi connectivity index (χ2n) is 6.69. The summed E-state index contributed by atoms with van der Waals surface area (Å²) < 4.78 is 5.39. The third kappa shape index (κ3) is 3.71. The van der Waals surface area contributed by atoms with Crippen LogP contribution in [0.4, 0.5) is 11.4 Å². The molecule has 0 unspecified atom stereocenters. The first-order chi connectivity index (χ1) is 14.5. The fourth-order valence-electron chi connectivity index (χ4n) is 3.38. The van der Waals surface area contributed by atoms with Crippen LogP contribution in [0.2, 0.25) is 5.02 Å². The van der Waals surface area contributed by atoms with Crippen LogP contribution < -0.4 is 15.0 Å². The molecular formula is C20H18ClN5O4. The Morgan fingerprint density at radius 2 is 1.93 bits per heavy atom. The summed E-state index contributed by atoms with van der Waals surface area (Å²) in [5, 5.41) is 12.2. The fraction of sp³-hybridized carbons (Fsp3) is 0.250. The molecule has 2 aromatic rings. The minimum atomic E-state index is -0.969. The van der Waals surface area contributed by atoms with Gasteiger partial charge in [0.1, 0.15) is 12.3 Å². The predicted octanol–water partition coefficient (Wildman–Crippen LogP) is 2.67. The van der Waals surface area contributed by atoms with Crippen molar-refractivity contribution >= 4 is 40.7 Å². The van der Waals surface area contributed by atoms with Crippen molar-refractivity contribution in [3.8, 4) is 5.75 Å². The zero-order valence-corrected chi connectivity index (χ0v) is 16.7. The van der Waals surface area contributed by atoms with E-state index in [2.05, 4.69) is 15.7 Å². The van der Waals surface area contributed by atoms with Crippen molar-refractivity contribution in [1.29, 1.82) is 0 Å². The number of rotatable bonds is 6. The number of amides is 3. The Bertz CT molecular complexity index is 1030. The molecule has 2 heterocycles. The van der Waals surface area contributed by atoms with E-state index in [1.54, 1.807) is 48.5 Å². The second-order valence-corrected chi connectivity index (χ2v) is 7.13. The number of halogens is 1. The number of hydrogen-bond donors (Lipinski definition) is 1. The van der Waals surface area contributed by atoms with E-state index in [4.69, 9.17) is 16.3 Å². The molecule has 0 saturated carbocycles. The molecule has 1 saturated heterocycles. The Balaban J connectivity index is 1.46. The van der Waals surface area contributed by atoms with Crippen molar-refractivity contribution in [1.82, 2.24) is 5.01 Å². The number of carbonyl (C=O) groups is 3. The summed E-state index contributed by atoms with van der Waals surface area (Å²) in [4.78, 5) is 39.2. The van der Waals surface area contributed by atoms with Gasteiger partial charge in [0, 0.05) is 10.7 Å². The van der Waals surface area contributed by atoms with Crippen molar-refractivity contribution in [2.45, 2.75) is 19.0 Å². The van der Waals surface area contributed by atoms with Gasteiger partial charge in [0.05, 0.1) is 12.3 Å². The molecule has 0 aromatic heterocycles. The quantitative estimate of drug-likeness (QED) is 0.714. The zero-order chi connectivity index (χ0) is 21.3. The number of nitrogens with one attached hydrogen (secondary N) is 1. The van der Waals surface area contributed by atoms with Crippen LogP contribution in [0.25, 0.3) is 0 Å². The molecule has 2 aliphatic rings. The van der Waals surface area contributed by atoms with Gasteiger partial charge in [-0.3, -0.25) is 19.4 Å². The highest BCUT2D eigenvalue weighted by Gasteiger charge is 2.55. The first-order valence-corrected chi connectivity index (χ1v) is 9.69. The fourth-order valence-corrected chi connectivity index (χ4v) is 3.57. The van der Waals surface area contributed by atoms with Gasteiger partial charge >= 0.3 is 0 Å². The third-order valence-electron chi connectivity index (χ3n) is 4.68. The van der Waals surface area contributed by atoms with Gasteiger partial charge in [-0.15, -0.1) is 0 Å². The van der Waals surface area contributed by atoms with E-state index in [0.29, 0.717) is 28.8 Å². The molecule has 1 fully saturated rings. The lowest BCUT2D eigenvalue weighted by atomic mass is 10.1. The molecule has 0 radical (unpaired) electrons. The van der Waals surface area contributed by atoms with Crippen LogP contribution in [0.15, 0.2) is 58.9 Å². The molecule has 30 heavy (non-hydrogen) atoms. The number of fused-ring (bicyclic) bond motifs is 1. The Morgan fingerprint density at radius 1 is 1.17 bits per heavy atom. The minimum Gasteiger partial charge on any atom is -0.494 e. The number of carbonyl (C=O) groups excluding carboxylic acids is 3. The van der Waals surface area contributed by atoms with Crippen LogP contribution in [0, 0.1) is 0 Å². The number of nitrogens with zero attached hydrogens (tertiary/aromatic N) is 4. The van der Waals surface area contributed by atoms with Crippen LogP contribution in [-0.4, -0.2) is 48.0 Å². The Labute approximate surface area is 177 Å². The highest BCUT2D eigenvalue weighted by atomic mass is 35.5. The monoisotopic (exact) mass is 427 g/mol. The van der Waals surface area contributed by atoms with Gasteiger partial charge in [-0.25, -0.2) is 4.90 Å². The van der Waals surface area contributed by atoms with Gasteiger partial charge in [0.2, 0.25) is 5.91 Å².